The first-order chi connectivity index (χ1) is 4.95. The molecule has 0 saturated carbocycles. The van der Waals surface area contributed by atoms with Crippen LogP contribution < -0.4 is 0 Å². The van der Waals surface area contributed by atoms with Gasteiger partial charge in [0.25, 0.3) is 0 Å². The van der Waals surface area contributed by atoms with Crippen molar-refractivity contribution < 1.29 is 10.2 Å². The van der Waals surface area contributed by atoms with E-state index >= 15 is 0 Å². The molecule has 4 heteroatoms. The van der Waals surface area contributed by atoms with Gasteiger partial charge >= 0.3 is 0 Å². The van der Waals surface area contributed by atoms with Crippen LogP contribution in [0.4, 0.5) is 0 Å². The van der Waals surface area contributed by atoms with Crippen LogP contribution >= 0.6 is 0 Å². The SMILES string of the molecule is CCN(C)C(=N)C(C)(O)CO. The topological polar surface area (TPSA) is 67.6 Å². The summed E-state index contributed by atoms with van der Waals surface area (Å²) in [6, 6.07) is 0. The monoisotopic (exact) mass is 160 g/mol. The lowest BCUT2D eigenvalue weighted by Crippen LogP contribution is -2.47. The van der Waals surface area contributed by atoms with Crippen LogP contribution in [0.5, 0.6) is 0 Å². The van der Waals surface area contributed by atoms with E-state index in [4.69, 9.17) is 10.5 Å². The third-order valence-electron chi connectivity index (χ3n) is 1.67. The zero-order valence-electron chi connectivity index (χ0n) is 7.26. The zero-order chi connectivity index (χ0) is 9.07. The molecule has 11 heavy (non-hydrogen) atoms. The average molecular weight is 160 g/mol. The number of nitrogens with one attached hydrogen (secondary N) is 1. The molecule has 0 aliphatic carbocycles. The Balaban J connectivity index is 4.23. The van der Waals surface area contributed by atoms with Gasteiger partial charge in [-0.15, -0.1) is 0 Å². The van der Waals surface area contributed by atoms with Gasteiger partial charge in [-0.1, -0.05) is 0 Å². The van der Waals surface area contributed by atoms with Gasteiger partial charge in [0.2, 0.25) is 0 Å². The minimum atomic E-state index is -1.41. The van der Waals surface area contributed by atoms with Crippen molar-refractivity contribution >= 4 is 5.84 Å². The molecule has 0 fully saturated rings. The van der Waals surface area contributed by atoms with Crippen molar-refractivity contribution in [3.05, 3.63) is 0 Å². The summed E-state index contributed by atoms with van der Waals surface area (Å²) < 4.78 is 0. The van der Waals surface area contributed by atoms with Crippen LogP contribution in [0.15, 0.2) is 0 Å². The van der Waals surface area contributed by atoms with Gasteiger partial charge in [-0.3, -0.25) is 5.41 Å². The first kappa shape index (κ1) is 10.4. The van der Waals surface area contributed by atoms with Crippen LogP contribution in [0, 0.1) is 5.41 Å². The van der Waals surface area contributed by atoms with Crippen molar-refractivity contribution in [2.24, 2.45) is 0 Å². The van der Waals surface area contributed by atoms with Gasteiger partial charge in [0.1, 0.15) is 11.4 Å². The van der Waals surface area contributed by atoms with E-state index in [1.807, 2.05) is 6.92 Å². The van der Waals surface area contributed by atoms with Crippen LogP contribution in [0.2, 0.25) is 0 Å². The fourth-order valence-electron chi connectivity index (χ4n) is 0.644. The smallest absolute Gasteiger partial charge is 0.141 e. The second-order valence-corrected chi connectivity index (χ2v) is 2.79. The van der Waals surface area contributed by atoms with E-state index in [0.29, 0.717) is 6.54 Å². The molecule has 0 saturated heterocycles. The van der Waals surface area contributed by atoms with Gasteiger partial charge in [-0.05, 0) is 13.8 Å². The van der Waals surface area contributed by atoms with Gasteiger partial charge in [0, 0.05) is 13.6 Å². The Morgan fingerprint density at radius 3 is 2.36 bits per heavy atom. The number of hydrogen-bond acceptors (Lipinski definition) is 3. The first-order valence-corrected chi connectivity index (χ1v) is 3.59. The number of likely N-dealkylation sites (N-methyl/N-ethyl adjacent to an activating group) is 1. The Kier molecular flexibility index (Phi) is 3.48. The summed E-state index contributed by atoms with van der Waals surface area (Å²) in [6.07, 6.45) is 0. The second kappa shape index (κ2) is 3.69. The predicted octanol–water partition coefficient (Wildman–Crippen LogP) is -0.341. The number of nitrogens with zero attached hydrogens (tertiary/aromatic N) is 1. The molecule has 0 heterocycles. The standard InChI is InChI=1S/C7H16N2O2/c1-4-9(3)6(8)7(2,11)5-10/h8,10-11H,4-5H2,1-3H3. The van der Waals surface area contributed by atoms with E-state index < -0.39 is 12.2 Å². The van der Waals surface area contributed by atoms with Gasteiger partial charge in [-0.2, -0.15) is 0 Å². The van der Waals surface area contributed by atoms with Crippen molar-refractivity contribution in [1.29, 1.82) is 5.41 Å². The fraction of sp³-hybridized carbons (Fsp3) is 0.857. The average Bonchev–Trinajstić information content (AvgIpc) is 2.01. The Bertz CT molecular complexity index is 145. The normalized spacial score (nSPS) is 15.7. The fourth-order valence-corrected chi connectivity index (χ4v) is 0.644. The van der Waals surface area contributed by atoms with E-state index in [-0.39, 0.29) is 5.84 Å². The van der Waals surface area contributed by atoms with Gasteiger partial charge in [-0.25, -0.2) is 0 Å². The lowest BCUT2D eigenvalue weighted by Gasteiger charge is -2.28. The molecule has 1 unspecified atom stereocenters. The lowest BCUT2D eigenvalue weighted by atomic mass is 10.1. The highest BCUT2D eigenvalue weighted by Gasteiger charge is 2.27. The van der Waals surface area contributed by atoms with Gasteiger partial charge in [0.15, 0.2) is 0 Å². The zero-order valence-corrected chi connectivity index (χ0v) is 7.26. The van der Waals surface area contributed by atoms with Crippen LogP contribution in [0.3, 0.4) is 0 Å². The summed E-state index contributed by atoms with van der Waals surface area (Å²) >= 11 is 0. The number of rotatable bonds is 3. The van der Waals surface area contributed by atoms with Crippen LogP contribution in [-0.4, -0.2) is 46.7 Å². The molecular weight excluding hydrogens is 144 g/mol. The third-order valence-corrected chi connectivity index (χ3v) is 1.67. The highest BCUT2D eigenvalue weighted by atomic mass is 16.3. The first-order valence-electron chi connectivity index (χ1n) is 3.59. The Labute approximate surface area is 67.0 Å². The van der Waals surface area contributed by atoms with E-state index in [2.05, 4.69) is 0 Å². The van der Waals surface area contributed by atoms with Gasteiger partial charge in [0.05, 0.1) is 6.61 Å². The maximum absolute atomic E-state index is 9.38. The molecule has 0 radical (unpaired) electrons. The summed E-state index contributed by atoms with van der Waals surface area (Å²) in [5.74, 6) is 0.0440. The van der Waals surface area contributed by atoms with E-state index in [1.54, 1.807) is 11.9 Å². The Hall–Kier alpha value is -0.610. The van der Waals surface area contributed by atoms with Crippen molar-refractivity contribution in [2.75, 3.05) is 20.2 Å². The molecule has 1 atom stereocenters. The highest BCUT2D eigenvalue weighted by Crippen LogP contribution is 2.05. The van der Waals surface area contributed by atoms with E-state index in [9.17, 15) is 5.11 Å². The predicted molar refractivity (Wildman–Crippen MR) is 43.7 cm³/mol. The minimum absolute atomic E-state index is 0.0440. The highest BCUT2D eigenvalue weighted by molar-refractivity contribution is 5.87. The van der Waals surface area contributed by atoms with Crippen molar-refractivity contribution in [3.8, 4) is 0 Å². The summed E-state index contributed by atoms with van der Waals surface area (Å²) in [4.78, 5) is 1.58. The number of aliphatic hydroxyl groups is 2. The third kappa shape index (κ3) is 2.48. The largest absolute Gasteiger partial charge is 0.393 e. The summed E-state index contributed by atoms with van der Waals surface area (Å²) in [6.45, 7) is 3.52. The summed E-state index contributed by atoms with van der Waals surface area (Å²) in [5.41, 5.74) is -1.41. The number of hydrogen-bond donors (Lipinski definition) is 3. The van der Waals surface area contributed by atoms with Crippen molar-refractivity contribution in [1.82, 2.24) is 4.90 Å². The molecule has 66 valence electrons. The molecule has 0 aromatic heterocycles. The summed E-state index contributed by atoms with van der Waals surface area (Å²) in [7, 11) is 1.70. The molecular formula is C7H16N2O2. The Morgan fingerprint density at radius 1 is 1.64 bits per heavy atom. The molecule has 0 aromatic carbocycles. The molecule has 0 rings (SSSR count). The van der Waals surface area contributed by atoms with Gasteiger partial charge < -0.3 is 15.1 Å². The number of amidine groups is 1. The molecule has 0 aliphatic heterocycles. The maximum atomic E-state index is 9.38. The molecule has 0 bridgehead atoms. The lowest BCUT2D eigenvalue weighted by molar-refractivity contribution is 0.0502. The Morgan fingerprint density at radius 2 is 2.09 bits per heavy atom. The quantitative estimate of drug-likeness (QED) is 0.391. The maximum Gasteiger partial charge on any atom is 0.141 e. The van der Waals surface area contributed by atoms with E-state index in [0.717, 1.165) is 0 Å². The molecule has 0 aliphatic rings. The molecule has 4 nitrogen and oxygen atoms in total. The van der Waals surface area contributed by atoms with Crippen LogP contribution in [0.25, 0.3) is 0 Å². The van der Waals surface area contributed by atoms with Crippen LogP contribution in [-0.2, 0) is 0 Å². The number of aliphatic hydroxyl groups excluding tert-OH is 1. The molecule has 0 amide bonds. The molecule has 3 N–H and O–H groups in total. The van der Waals surface area contributed by atoms with Crippen LogP contribution in [0.1, 0.15) is 13.8 Å². The summed E-state index contributed by atoms with van der Waals surface area (Å²) in [5, 5.41) is 25.5. The van der Waals surface area contributed by atoms with E-state index in [1.165, 1.54) is 6.92 Å². The minimum Gasteiger partial charge on any atom is -0.393 e. The molecule has 0 aromatic rings. The second-order valence-electron chi connectivity index (χ2n) is 2.79. The molecule has 0 spiro atoms. The van der Waals surface area contributed by atoms with Crippen molar-refractivity contribution in [3.63, 3.8) is 0 Å². The van der Waals surface area contributed by atoms with Crippen molar-refractivity contribution in [2.45, 2.75) is 19.4 Å².